The van der Waals surface area contributed by atoms with Gasteiger partial charge in [-0.25, -0.2) is 4.98 Å². The Labute approximate surface area is 150 Å². The van der Waals surface area contributed by atoms with E-state index in [1.165, 1.54) is 16.9 Å². The Morgan fingerprint density at radius 2 is 2.24 bits per heavy atom. The molecule has 4 rings (SSSR count). The fourth-order valence-corrected chi connectivity index (χ4v) is 4.52. The van der Waals surface area contributed by atoms with Crippen LogP contribution < -0.4 is 10.3 Å². The molecule has 1 aromatic carbocycles. The molecule has 3 heterocycles. The number of benzene rings is 1. The highest BCUT2D eigenvalue weighted by atomic mass is 32.1. The number of hydrogen-bond acceptors (Lipinski definition) is 5. The molecule has 5 nitrogen and oxygen atoms in total. The molecule has 3 aromatic rings. The van der Waals surface area contributed by atoms with Gasteiger partial charge in [-0.1, -0.05) is 12.1 Å². The largest absolute Gasteiger partial charge is 0.497 e. The van der Waals surface area contributed by atoms with Gasteiger partial charge in [0, 0.05) is 29.7 Å². The Morgan fingerprint density at radius 1 is 1.36 bits per heavy atom. The molecule has 0 N–H and O–H groups in total. The van der Waals surface area contributed by atoms with Crippen molar-refractivity contribution >= 4 is 16.3 Å². The van der Waals surface area contributed by atoms with E-state index < -0.39 is 0 Å². The van der Waals surface area contributed by atoms with Crippen molar-refractivity contribution in [3.63, 3.8) is 0 Å². The lowest BCUT2D eigenvalue weighted by atomic mass is 10.0. The van der Waals surface area contributed by atoms with E-state index in [9.17, 15) is 4.79 Å². The Balaban J connectivity index is 1.62. The standard InChI is InChI=1S/C19H21N3O2S/c1-13-12-25-19-20-15(10-18(23)22(13)19)11-21-8-4-7-17(21)14-5-3-6-16(9-14)24-2/h3,5-6,9-10,12,17H,4,7-8,11H2,1-2H3. The molecule has 6 heteroatoms. The average molecular weight is 355 g/mol. The first-order valence-corrected chi connectivity index (χ1v) is 9.38. The Bertz CT molecular complexity index is 963. The molecule has 130 valence electrons. The minimum Gasteiger partial charge on any atom is -0.497 e. The summed E-state index contributed by atoms with van der Waals surface area (Å²) >= 11 is 1.52. The highest BCUT2D eigenvalue weighted by Crippen LogP contribution is 2.34. The Morgan fingerprint density at radius 3 is 3.08 bits per heavy atom. The van der Waals surface area contributed by atoms with Gasteiger partial charge in [-0.05, 0) is 44.0 Å². The molecule has 2 aromatic heterocycles. The van der Waals surface area contributed by atoms with Gasteiger partial charge in [0.25, 0.3) is 5.56 Å². The quantitative estimate of drug-likeness (QED) is 0.719. The van der Waals surface area contributed by atoms with Crippen LogP contribution in [0.4, 0.5) is 0 Å². The SMILES string of the molecule is COc1cccc(C2CCCN2Cc2cc(=O)n3c(C)csc3n2)c1. The summed E-state index contributed by atoms with van der Waals surface area (Å²) < 4.78 is 7.04. The van der Waals surface area contributed by atoms with Gasteiger partial charge in [-0.15, -0.1) is 11.3 Å². The average Bonchev–Trinajstić information content (AvgIpc) is 3.22. The molecule has 0 saturated carbocycles. The zero-order valence-corrected chi connectivity index (χ0v) is 15.3. The summed E-state index contributed by atoms with van der Waals surface area (Å²) in [5.74, 6) is 0.885. The minimum absolute atomic E-state index is 0.0101. The van der Waals surface area contributed by atoms with Crippen molar-refractivity contribution in [1.82, 2.24) is 14.3 Å². The van der Waals surface area contributed by atoms with E-state index in [1.54, 1.807) is 17.6 Å². The molecular weight excluding hydrogens is 334 g/mol. The van der Waals surface area contributed by atoms with Gasteiger partial charge >= 0.3 is 0 Å². The van der Waals surface area contributed by atoms with Crippen LogP contribution in [0.15, 0.2) is 40.5 Å². The lowest BCUT2D eigenvalue weighted by molar-refractivity contribution is 0.245. The van der Waals surface area contributed by atoms with Crippen LogP contribution in [-0.2, 0) is 6.54 Å². The number of nitrogens with zero attached hydrogens (tertiary/aromatic N) is 3. The van der Waals surface area contributed by atoms with Crippen LogP contribution in [-0.4, -0.2) is 27.9 Å². The van der Waals surface area contributed by atoms with Crippen LogP contribution in [0.5, 0.6) is 5.75 Å². The molecule has 0 bridgehead atoms. The number of hydrogen-bond donors (Lipinski definition) is 0. The van der Waals surface area contributed by atoms with Gasteiger partial charge in [0.05, 0.1) is 12.8 Å². The predicted octanol–water partition coefficient (Wildman–Crippen LogP) is 3.41. The zero-order valence-electron chi connectivity index (χ0n) is 14.4. The fraction of sp³-hybridized carbons (Fsp3) is 0.368. The molecule has 1 saturated heterocycles. The summed E-state index contributed by atoms with van der Waals surface area (Å²) in [4.78, 5) is 20.3. The molecule has 1 fully saturated rings. The smallest absolute Gasteiger partial charge is 0.259 e. The zero-order chi connectivity index (χ0) is 17.4. The molecule has 25 heavy (non-hydrogen) atoms. The number of fused-ring (bicyclic) bond motifs is 1. The Kier molecular flexibility index (Phi) is 4.31. The van der Waals surface area contributed by atoms with Crippen LogP contribution in [0, 0.1) is 6.92 Å². The van der Waals surface area contributed by atoms with E-state index in [-0.39, 0.29) is 5.56 Å². The van der Waals surface area contributed by atoms with Gasteiger partial charge in [0.1, 0.15) is 5.75 Å². The van der Waals surface area contributed by atoms with Crippen LogP contribution in [0.1, 0.15) is 35.8 Å². The van der Waals surface area contributed by atoms with Crippen LogP contribution >= 0.6 is 11.3 Å². The topological polar surface area (TPSA) is 46.8 Å². The Hall–Kier alpha value is -2.18. The van der Waals surface area contributed by atoms with Gasteiger partial charge < -0.3 is 4.74 Å². The number of aromatic nitrogens is 2. The van der Waals surface area contributed by atoms with Crippen molar-refractivity contribution < 1.29 is 4.74 Å². The predicted molar refractivity (Wildman–Crippen MR) is 99.5 cm³/mol. The maximum atomic E-state index is 12.4. The molecule has 0 aliphatic carbocycles. The van der Waals surface area contributed by atoms with Crippen molar-refractivity contribution in [2.24, 2.45) is 0 Å². The molecule has 0 spiro atoms. The van der Waals surface area contributed by atoms with Gasteiger partial charge in [0.2, 0.25) is 0 Å². The maximum Gasteiger partial charge on any atom is 0.259 e. The molecular formula is C19H21N3O2S. The van der Waals surface area contributed by atoms with E-state index in [1.807, 2.05) is 24.4 Å². The molecule has 1 aliphatic heterocycles. The first-order chi connectivity index (χ1) is 12.2. The third-order valence-electron chi connectivity index (χ3n) is 4.84. The highest BCUT2D eigenvalue weighted by Gasteiger charge is 2.27. The van der Waals surface area contributed by atoms with Gasteiger partial charge in [0.15, 0.2) is 4.96 Å². The van der Waals surface area contributed by atoms with Crippen molar-refractivity contribution in [3.05, 3.63) is 63.0 Å². The monoisotopic (exact) mass is 355 g/mol. The summed E-state index contributed by atoms with van der Waals surface area (Å²) in [5, 5.41) is 1.97. The second kappa shape index (κ2) is 6.61. The van der Waals surface area contributed by atoms with Crippen LogP contribution in [0.25, 0.3) is 4.96 Å². The van der Waals surface area contributed by atoms with Crippen molar-refractivity contribution in [2.75, 3.05) is 13.7 Å². The van der Waals surface area contributed by atoms with E-state index in [2.05, 4.69) is 17.0 Å². The molecule has 0 amide bonds. The van der Waals surface area contributed by atoms with Crippen LogP contribution in [0.2, 0.25) is 0 Å². The van der Waals surface area contributed by atoms with Crippen molar-refractivity contribution in [3.8, 4) is 5.75 Å². The lowest BCUT2D eigenvalue weighted by Crippen LogP contribution is -2.25. The molecule has 1 atom stereocenters. The number of thiazole rings is 1. The number of ether oxygens (including phenoxy) is 1. The third kappa shape index (κ3) is 3.07. The number of likely N-dealkylation sites (tertiary alicyclic amines) is 1. The number of rotatable bonds is 4. The number of methoxy groups -OCH3 is 1. The maximum absolute atomic E-state index is 12.4. The van der Waals surface area contributed by atoms with Gasteiger partial charge in [-0.2, -0.15) is 0 Å². The third-order valence-corrected chi connectivity index (χ3v) is 5.78. The second-order valence-corrected chi connectivity index (χ2v) is 7.32. The van der Waals surface area contributed by atoms with Crippen molar-refractivity contribution in [1.29, 1.82) is 0 Å². The highest BCUT2D eigenvalue weighted by molar-refractivity contribution is 7.15. The molecule has 0 radical (unpaired) electrons. The summed E-state index contributed by atoms with van der Waals surface area (Å²) in [6.45, 7) is 3.66. The summed E-state index contributed by atoms with van der Waals surface area (Å²) in [7, 11) is 1.70. The second-order valence-electron chi connectivity index (χ2n) is 6.49. The summed E-state index contributed by atoms with van der Waals surface area (Å²) in [5.41, 5.74) is 3.07. The molecule has 1 unspecified atom stereocenters. The van der Waals surface area contributed by atoms with E-state index in [0.29, 0.717) is 12.6 Å². The van der Waals surface area contributed by atoms with Crippen molar-refractivity contribution in [2.45, 2.75) is 32.4 Å². The normalized spacial score (nSPS) is 18.1. The minimum atomic E-state index is 0.0101. The van der Waals surface area contributed by atoms with E-state index >= 15 is 0 Å². The van der Waals surface area contributed by atoms with E-state index in [0.717, 1.165) is 41.5 Å². The number of aryl methyl sites for hydroxylation is 1. The summed E-state index contributed by atoms with van der Waals surface area (Å²) in [6, 6.07) is 10.3. The van der Waals surface area contributed by atoms with E-state index in [4.69, 9.17) is 9.72 Å². The summed E-state index contributed by atoms with van der Waals surface area (Å²) in [6.07, 6.45) is 2.27. The van der Waals surface area contributed by atoms with Crippen LogP contribution in [0.3, 0.4) is 0 Å². The van der Waals surface area contributed by atoms with Gasteiger partial charge in [-0.3, -0.25) is 14.1 Å². The first-order valence-electron chi connectivity index (χ1n) is 8.50. The lowest BCUT2D eigenvalue weighted by Gasteiger charge is -2.24. The fourth-order valence-electron chi connectivity index (χ4n) is 3.63. The first kappa shape index (κ1) is 16.3. The molecule has 1 aliphatic rings.